The first-order valence-electron chi connectivity index (χ1n) is 8.96. The highest BCUT2D eigenvalue weighted by molar-refractivity contribution is 5.67. The lowest BCUT2D eigenvalue weighted by Crippen LogP contribution is -2.41. The summed E-state index contributed by atoms with van der Waals surface area (Å²) in [4.78, 5) is 11.7. The lowest BCUT2D eigenvalue weighted by atomic mass is 9.94. The summed E-state index contributed by atoms with van der Waals surface area (Å²) in [7, 11) is 0. The van der Waals surface area contributed by atoms with Crippen molar-refractivity contribution in [2.24, 2.45) is 17.8 Å². The number of aliphatic hydroxyl groups excluding tert-OH is 1. The Bertz CT molecular complexity index is 323. The summed E-state index contributed by atoms with van der Waals surface area (Å²) < 4.78 is 5.26. The fourth-order valence-corrected chi connectivity index (χ4v) is 2.49. The van der Waals surface area contributed by atoms with Gasteiger partial charge in [0, 0.05) is 13.1 Å². The van der Waals surface area contributed by atoms with Gasteiger partial charge >= 0.3 is 6.09 Å². The minimum absolute atomic E-state index is 0.302. The Hall–Kier alpha value is -0.810. The monoisotopic (exact) mass is 330 g/mol. The summed E-state index contributed by atoms with van der Waals surface area (Å²) in [5, 5.41) is 16.3. The first-order chi connectivity index (χ1) is 10.6. The maximum atomic E-state index is 11.7. The van der Waals surface area contributed by atoms with Crippen molar-refractivity contribution in [3.63, 3.8) is 0 Å². The summed E-state index contributed by atoms with van der Waals surface area (Å²) >= 11 is 0. The molecule has 0 spiro atoms. The maximum Gasteiger partial charge on any atom is 0.407 e. The van der Waals surface area contributed by atoms with Gasteiger partial charge in [-0.05, 0) is 45.1 Å². The molecule has 5 heteroatoms. The molecular weight excluding hydrogens is 292 g/mol. The van der Waals surface area contributed by atoms with E-state index in [0.717, 1.165) is 19.4 Å². The van der Waals surface area contributed by atoms with Gasteiger partial charge in [0.05, 0.1) is 6.10 Å². The van der Waals surface area contributed by atoms with Crippen LogP contribution in [0.25, 0.3) is 0 Å². The number of carbonyl (C=O) groups is 1. The van der Waals surface area contributed by atoms with E-state index in [-0.39, 0.29) is 12.2 Å². The molecule has 0 aromatic carbocycles. The second-order valence-electron chi connectivity index (χ2n) is 7.69. The molecule has 0 bridgehead atoms. The zero-order valence-electron chi connectivity index (χ0n) is 16.1. The van der Waals surface area contributed by atoms with Crippen molar-refractivity contribution in [2.75, 3.05) is 19.6 Å². The van der Waals surface area contributed by atoms with E-state index in [4.69, 9.17) is 4.74 Å². The smallest absolute Gasteiger partial charge is 0.407 e. The maximum absolute atomic E-state index is 11.7. The van der Waals surface area contributed by atoms with E-state index in [1.54, 1.807) is 0 Å². The Morgan fingerprint density at radius 1 is 1.04 bits per heavy atom. The van der Waals surface area contributed by atoms with Crippen LogP contribution in [0.2, 0.25) is 0 Å². The third kappa shape index (κ3) is 10.6. The molecule has 0 aromatic rings. The number of nitrogens with one attached hydrogen (secondary N) is 2. The fourth-order valence-electron chi connectivity index (χ4n) is 2.49. The molecule has 0 aliphatic rings. The molecule has 2 atom stereocenters. The molecule has 0 aromatic heterocycles. The molecule has 2 unspecified atom stereocenters. The van der Waals surface area contributed by atoms with E-state index < -0.39 is 5.60 Å². The second kappa shape index (κ2) is 10.9. The van der Waals surface area contributed by atoms with E-state index in [0.29, 0.717) is 30.8 Å². The van der Waals surface area contributed by atoms with Crippen LogP contribution in [0.1, 0.15) is 61.3 Å². The number of ether oxygens (including phenoxy) is 1. The predicted octanol–water partition coefficient (Wildman–Crippen LogP) is 3.17. The summed E-state index contributed by atoms with van der Waals surface area (Å²) in [6.45, 7) is 16.0. The molecule has 5 nitrogen and oxygen atoms in total. The molecular formula is C18H38N2O3. The van der Waals surface area contributed by atoms with E-state index >= 15 is 0 Å². The zero-order valence-corrected chi connectivity index (χ0v) is 16.1. The molecule has 23 heavy (non-hydrogen) atoms. The Morgan fingerprint density at radius 2 is 1.61 bits per heavy atom. The molecule has 0 rings (SSSR count). The number of rotatable bonds is 10. The number of hydrogen-bond donors (Lipinski definition) is 3. The highest BCUT2D eigenvalue weighted by Crippen LogP contribution is 2.13. The highest BCUT2D eigenvalue weighted by atomic mass is 16.6. The van der Waals surface area contributed by atoms with Crippen molar-refractivity contribution in [1.29, 1.82) is 0 Å². The van der Waals surface area contributed by atoms with E-state index in [2.05, 4.69) is 38.3 Å². The van der Waals surface area contributed by atoms with Gasteiger partial charge in [0.1, 0.15) is 5.60 Å². The average molecular weight is 331 g/mol. The van der Waals surface area contributed by atoms with Crippen molar-refractivity contribution in [1.82, 2.24) is 10.6 Å². The molecule has 3 N–H and O–H groups in total. The van der Waals surface area contributed by atoms with Gasteiger partial charge < -0.3 is 20.5 Å². The second-order valence-corrected chi connectivity index (χ2v) is 7.69. The normalized spacial score (nSPS) is 14.9. The van der Waals surface area contributed by atoms with Crippen molar-refractivity contribution < 1.29 is 14.6 Å². The first kappa shape index (κ1) is 22.2. The molecule has 0 fully saturated rings. The third-order valence-electron chi connectivity index (χ3n) is 4.20. The number of carbonyl (C=O) groups excluding carboxylic acids is 1. The van der Waals surface area contributed by atoms with E-state index in [1.807, 2.05) is 20.8 Å². The van der Waals surface area contributed by atoms with Crippen molar-refractivity contribution >= 4 is 6.09 Å². The van der Waals surface area contributed by atoms with Crippen LogP contribution in [0.4, 0.5) is 4.79 Å². The van der Waals surface area contributed by atoms with Gasteiger partial charge in [0.2, 0.25) is 0 Å². The fraction of sp³-hybridized carbons (Fsp3) is 0.944. The lowest BCUT2D eigenvalue weighted by molar-refractivity contribution is 0.0513. The topological polar surface area (TPSA) is 70.6 Å². The van der Waals surface area contributed by atoms with Crippen LogP contribution in [-0.2, 0) is 4.74 Å². The standard InChI is InChI=1S/C18H38N2O3/c1-8-14(9-2)16(21)12-19-10-15(13(3)4)11-20-17(22)23-18(5,6)7/h13-16,19,21H,8-12H2,1-7H3,(H,20,22). The first-order valence-corrected chi connectivity index (χ1v) is 8.96. The van der Waals surface area contributed by atoms with Gasteiger partial charge in [-0.1, -0.05) is 40.5 Å². The average Bonchev–Trinajstić information content (AvgIpc) is 2.41. The summed E-state index contributed by atoms with van der Waals surface area (Å²) in [5.41, 5.74) is -0.477. The van der Waals surface area contributed by atoms with Gasteiger partial charge in [-0.3, -0.25) is 0 Å². The Morgan fingerprint density at radius 3 is 2.04 bits per heavy atom. The summed E-state index contributed by atoms with van der Waals surface area (Å²) in [6.07, 6.45) is 1.30. The van der Waals surface area contributed by atoms with E-state index in [1.165, 1.54) is 0 Å². The summed E-state index contributed by atoms with van der Waals surface area (Å²) in [6, 6.07) is 0. The van der Waals surface area contributed by atoms with Gasteiger partial charge in [-0.15, -0.1) is 0 Å². The van der Waals surface area contributed by atoms with Crippen LogP contribution < -0.4 is 10.6 Å². The molecule has 1 amide bonds. The Balaban J connectivity index is 4.20. The predicted molar refractivity (Wildman–Crippen MR) is 95.5 cm³/mol. The Labute approximate surface area is 142 Å². The van der Waals surface area contributed by atoms with Crippen LogP contribution in [0.15, 0.2) is 0 Å². The number of alkyl carbamates (subject to hydrolysis) is 1. The third-order valence-corrected chi connectivity index (χ3v) is 4.20. The molecule has 0 saturated heterocycles. The quantitative estimate of drug-likeness (QED) is 0.575. The van der Waals surface area contributed by atoms with E-state index in [9.17, 15) is 9.90 Å². The van der Waals surface area contributed by atoms with Crippen molar-refractivity contribution in [3.05, 3.63) is 0 Å². The van der Waals surface area contributed by atoms with Gasteiger partial charge in [0.25, 0.3) is 0 Å². The molecule has 0 aliphatic heterocycles. The van der Waals surface area contributed by atoms with Crippen LogP contribution in [0.3, 0.4) is 0 Å². The largest absolute Gasteiger partial charge is 0.444 e. The minimum atomic E-state index is -0.477. The minimum Gasteiger partial charge on any atom is -0.444 e. The van der Waals surface area contributed by atoms with Crippen LogP contribution in [-0.4, -0.2) is 42.5 Å². The molecule has 0 radical (unpaired) electrons. The number of amides is 1. The van der Waals surface area contributed by atoms with Gasteiger partial charge in [-0.2, -0.15) is 0 Å². The molecule has 0 saturated carbocycles. The van der Waals surface area contributed by atoms with Crippen molar-refractivity contribution in [2.45, 2.75) is 73.0 Å². The van der Waals surface area contributed by atoms with Crippen molar-refractivity contribution in [3.8, 4) is 0 Å². The molecule has 0 aliphatic carbocycles. The SMILES string of the molecule is CCC(CC)C(O)CNCC(CNC(=O)OC(C)(C)C)C(C)C. The van der Waals surface area contributed by atoms with Gasteiger partial charge in [0.15, 0.2) is 0 Å². The molecule has 138 valence electrons. The summed E-state index contributed by atoms with van der Waals surface area (Å²) in [5.74, 6) is 1.08. The van der Waals surface area contributed by atoms with Crippen LogP contribution >= 0.6 is 0 Å². The highest BCUT2D eigenvalue weighted by Gasteiger charge is 2.20. The Kier molecular flexibility index (Phi) is 10.5. The van der Waals surface area contributed by atoms with Gasteiger partial charge in [-0.25, -0.2) is 4.79 Å². The number of aliphatic hydroxyl groups is 1. The number of hydrogen-bond acceptors (Lipinski definition) is 4. The lowest BCUT2D eigenvalue weighted by Gasteiger charge is -2.26. The van der Waals surface area contributed by atoms with Crippen LogP contribution in [0.5, 0.6) is 0 Å². The zero-order chi connectivity index (χ0) is 18.0. The molecule has 0 heterocycles. The van der Waals surface area contributed by atoms with Crippen LogP contribution in [0, 0.1) is 17.8 Å².